The summed E-state index contributed by atoms with van der Waals surface area (Å²) in [5.74, 6) is 0.241. The molecule has 0 aromatic carbocycles. The zero-order chi connectivity index (χ0) is 15.7. The van der Waals surface area contributed by atoms with E-state index < -0.39 is 10.0 Å². The normalized spacial score (nSPS) is 30.4. The first-order valence-corrected chi connectivity index (χ1v) is 9.19. The van der Waals surface area contributed by atoms with Gasteiger partial charge in [-0.15, -0.1) is 0 Å². The van der Waals surface area contributed by atoms with Gasteiger partial charge in [0, 0.05) is 51.1 Å². The molecule has 2 aliphatic heterocycles. The van der Waals surface area contributed by atoms with Crippen LogP contribution >= 0.6 is 0 Å². The zero-order valence-electron chi connectivity index (χ0n) is 13.1. The molecule has 0 radical (unpaired) electrons. The summed E-state index contributed by atoms with van der Waals surface area (Å²) >= 11 is 0. The summed E-state index contributed by atoms with van der Waals surface area (Å²) < 4.78 is 33.2. The van der Waals surface area contributed by atoms with E-state index in [4.69, 9.17) is 4.74 Å². The van der Waals surface area contributed by atoms with E-state index in [1.54, 1.807) is 29.7 Å². The molecule has 2 saturated heterocycles. The van der Waals surface area contributed by atoms with Crippen LogP contribution in [0.2, 0.25) is 0 Å². The van der Waals surface area contributed by atoms with Gasteiger partial charge in [-0.1, -0.05) is 6.92 Å². The van der Waals surface area contributed by atoms with Gasteiger partial charge in [-0.25, -0.2) is 8.42 Å². The molecule has 6 nitrogen and oxygen atoms in total. The topological polar surface area (TPSA) is 62.7 Å². The first kappa shape index (κ1) is 15.9. The summed E-state index contributed by atoms with van der Waals surface area (Å²) in [6.07, 6.45) is 3.91. The predicted molar refractivity (Wildman–Crippen MR) is 82.9 cm³/mol. The molecule has 7 heteroatoms. The Kier molecular flexibility index (Phi) is 4.49. The number of hydrogen-bond acceptors (Lipinski definition) is 5. The second kappa shape index (κ2) is 6.23. The molecule has 0 spiro atoms. The number of likely N-dealkylation sites (tertiary alicyclic amines) is 1. The van der Waals surface area contributed by atoms with Crippen LogP contribution in [0.15, 0.2) is 29.4 Å². The van der Waals surface area contributed by atoms with Crippen LogP contribution in [0, 0.1) is 5.92 Å². The maximum absolute atomic E-state index is 12.9. The van der Waals surface area contributed by atoms with Crippen LogP contribution in [0.25, 0.3) is 0 Å². The van der Waals surface area contributed by atoms with Crippen molar-refractivity contribution in [2.75, 3.05) is 33.3 Å². The Labute approximate surface area is 132 Å². The van der Waals surface area contributed by atoms with E-state index in [-0.39, 0.29) is 23.0 Å². The first-order valence-electron chi connectivity index (χ1n) is 7.75. The minimum absolute atomic E-state index is 0.0103. The summed E-state index contributed by atoms with van der Waals surface area (Å²) in [7, 11) is -1.77. The Morgan fingerprint density at radius 3 is 2.86 bits per heavy atom. The molecule has 1 aromatic rings. The van der Waals surface area contributed by atoms with Crippen LogP contribution in [-0.4, -0.2) is 68.0 Å². The largest absolute Gasteiger partial charge is 0.381 e. The highest BCUT2D eigenvalue weighted by Crippen LogP contribution is 2.35. The molecule has 122 valence electrons. The molecule has 0 aliphatic carbocycles. The summed E-state index contributed by atoms with van der Waals surface area (Å²) in [6, 6.07) is 3.27. The molecule has 3 atom stereocenters. The first-order chi connectivity index (χ1) is 10.6. The van der Waals surface area contributed by atoms with Gasteiger partial charge >= 0.3 is 0 Å². The number of methoxy groups -OCH3 is 1. The molecule has 2 fully saturated rings. The fraction of sp³-hybridized carbons (Fsp3) is 0.667. The number of pyridine rings is 1. The Bertz CT molecular complexity index is 608. The van der Waals surface area contributed by atoms with E-state index in [9.17, 15) is 8.42 Å². The number of ether oxygens (including phenoxy) is 1. The summed E-state index contributed by atoms with van der Waals surface area (Å²) in [5, 5.41) is 0. The van der Waals surface area contributed by atoms with Crippen molar-refractivity contribution in [3.63, 3.8) is 0 Å². The second-order valence-electron chi connectivity index (χ2n) is 5.95. The van der Waals surface area contributed by atoms with Crippen molar-refractivity contribution in [2.24, 2.45) is 5.92 Å². The van der Waals surface area contributed by atoms with Crippen molar-refractivity contribution >= 4 is 10.0 Å². The lowest BCUT2D eigenvalue weighted by Gasteiger charge is -2.40. The van der Waals surface area contributed by atoms with Crippen LogP contribution in [0.5, 0.6) is 0 Å². The third kappa shape index (κ3) is 2.67. The van der Waals surface area contributed by atoms with Gasteiger partial charge in [0.05, 0.1) is 6.10 Å². The minimum Gasteiger partial charge on any atom is -0.381 e. The molecule has 3 rings (SSSR count). The molecule has 0 bridgehead atoms. The average Bonchev–Trinajstić information content (AvgIpc) is 2.98. The van der Waals surface area contributed by atoms with Crippen molar-refractivity contribution < 1.29 is 13.2 Å². The molecule has 1 aromatic heterocycles. The fourth-order valence-corrected chi connectivity index (χ4v) is 5.32. The molecular weight excluding hydrogens is 302 g/mol. The molecule has 0 saturated carbocycles. The molecule has 0 N–H and O–H groups in total. The average molecular weight is 325 g/mol. The predicted octanol–water partition coefficient (Wildman–Crippen LogP) is 0.811. The van der Waals surface area contributed by atoms with Crippen molar-refractivity contribution in [1.82, 2.24) is 14.2 Å². The van der Waals surface area contributed by atoms with Gasteiger partial charge in [-0.05, 0) is 25.1 Å². The van der Waals surface area contributed by atoms with Crippen LogP contribution in [-0.2, 0) is 14.8 Å². The quantitative estimate of drug-likeness (QED) is 0.820. The Morgan fingerprint density at radius 2 is 2.23 bits per heavy atom. The van der Waals surface area contributed by atoms with Gasteiger partial charge in [0.2, 0.25) is 10.0 Å². The Balaban J connectivity index is 1.91. The third-order valence-electron chi connectivity index (χ3n) is 4.88. The molecule has 0 unspecified atom stereocenters. The zero-order valence-corrected chi connectivity index (χ0v) is 13.9. The highest BCUT2D eigenvalue weighted by atomic mass is 32.2. The van der Waals surface area contributed by atoms with E-state index in [0.717, 1.165) is 26.1 Å². The summed E-state index contributed by atoms with van der Waals surface area (Å²) in [5.41, 5.74) is 0. The number of fused-ring (bicyclic) bond motifs is 1. The lowest BCUT2D eigenvalue weighted by molar-refractivity contribution is 0.00238. The van der Waals surface area contributed by atoms with Gasteiger partial charge in [0.25, 0.3) is 0 Å². The van der Waals surface area contributed by atoms with Gasteiger partial charge in [-0.2, -0.15) is 4.31 Å². The van der Waals surface area contributed by atoms with Crippen molar-refractivity contribution in [2.45, 2.75) is 30.4 Å². The lowest BCUT2D eigenvalue weighted by Crippen LogP contribution is -2.53. The van der Waals surface area contributed by atoms with Crippen LogP contribution in [0.1, 0.15) is 13.3 Å². The van der Waals surface area contributed by atoms with Crippen LogP contribution in [0.4, 0.5) is 0 Å². The highest BCUT2D eigenvalue weighted by molar-refractivity contribution is 7.89. The van der Waals surface area contributed by atoms with Crippen LogP contribution in [0.3, 0.4) is 0 Å². The van der Waals surface area contributed by atoms with Gasteiger partial charge < -0.3 is 9.64 Å². The number of hydrogen-bond donors (Lipinski definition) is 0. The highest BCUT2D eigenvalue weighted by Gasteiger charge is 2.48. The molecule has 22 heavy (non-hydrogen) atoms. The number of rotatable bonds is 4. The molecular formula is C15H23N3O3S. The van der Waals surface area contributed by atoms with Gasteiger partial charge in [0.1, 0.15) is 4.90 Å². The van der Waals surface area contributed by atoms with Crippen molar-refractivity contribution in [3.05, 3.63) is 24.5 Å². The van der Waals surface area contributed by atoms with Gasteiger partial charge in [0.15, 0.2) is 0 Å². The number of piperidine rings is 1. The number of nitrogens with zero attached hydrogens (tertiary/aromatic N) is 3. The molecule has 3 heterocycles. The fourth-order valence-electron chi connectivity index (χ4n) is 3.68. The van der Waals surface area contributed by atoms with E-state index in [1.165, 1.54) is 6.20 Å². The minimum atomic E-state index is -3.49. The second-order valence-corrected chi connectivity index (χ2v) is 7.84. The standard InChI is InChI=1S/C15H23N3O3S/c1-3-17-10-13-14(11-17)18(8-6-15(13)21-2)22(19,20)12-5-4-7-16-9-12/h4-5,7,9,13-15H,3,6,8,10-11H2,1-2H3/t13-,14+,15-/m1/s1. The Hall–Kier alpha value is -1.02. The van der Waals surface area contributed by atoms with Crippen molar-refractivity contribution in [1.29, 1.82) is 0 Å². The third-order valence-corrected chi connectivity index (χ3v) is 6.79. The van der Waals surface area contributed by atoms with E-state index in [0.29, 0.717) is 6.54 Å². The number of sulfonamides is 1. The van der Waals surface area contributed by atoms with Crippen LogP contribution < -0.4 is 0 Å². The molecule has 0 amide bonds. The number of likely N-dealkylation sites (N-methyl/N-ethyl adjacent to an activating group) is 1. The van der Waals surface area contributed by atoms with Gasteiger partial charge in [-0.3, -0.25) is 4.98 Å². The maximum Gasteiger partial charge on any atom is 0.244 e. The smallest absolute Gasteiger partial charge is 0.244 e. The summed E-state index contributed by atoms with van der Waals surface area (Å²) in [4.78, 5) is 6.53. The van der Waals surface area contributed by atoms with E-state index in [1.807, 2.05) is 0 Å². The molecule has 2 aliphatic rings. The lowest BCUT2D eigenvalue weighted by atomic mass is 9.91. The van der Waals surface area contributed by atoms with E-state index in [2.05, 4.69) is 16.8 Å². The van der Waals surface area contributed by atoms with Crippen molar-refractivity contribution in [3.8, 4) is 0 Å². The van der Waals surface area contributed by atoms with E-state index >= 15 is 0 Å². The monoisotopic (exact) mass is 325 g/mol. The summed E-state index contributed by atoms with van der Waals surface area (Å²) in [6.45, 7) is 5.23. The Morgan fingerprint density at radius 1 is 1.41 bits per heavy atom. The SMILES string of the molecule is CCN1C[C@H]2[C@H](OC)CCN(S(=O)(=O)c3cccnc3)[C@H]2C1. The maximum atomic E-state index is 12.9. The number of aromatic nitrogens is 1.